The van der Waals surface area contributed by atoms with Crippen LogP contribution in [0, 0.1) is 23.7 Å². The van der Waals surface area contributed by atoms with E-state index in [2.05, 4.69) is 12.2 Å². The van der Waals surface area contributed by atoms with Gasteiger partial charge < -0.3 is 5.32 Å². The average molecular weight is 235 g/mol. The van der Waals surface area contributed by atoms with Crippen LogP contribution in [0.25, 0.3) is 0 Å². The van der Waals surface area contributed by atoms with Crippen LogP contribution >= 0.6 is 0 Å². The van der Waals surface area contributed by atoms with E-state index in [9.17, 15) is 0 Å². The van der Waals surface area contributed by atoms with Crippen LogP contribution in [-0.2, 0) is 0 Å². The molecule has 3 fully saturated rings. The molecule has 0 aromatic rings. The highest BCUT2D eigenvalue weighted by atomic mass is 14.9. The van der Waals surface area contributed by atoms with Crippen LogP contribution in [0.4, 0.5) is 0 Å². The molecule has 98 valence electrons. The fraction of sp³-hybridized carbons (Fsp3) is 1.00. The molecule has 0 amide bonds. The maximum Gasteiger partial charge on any atom is 0.0124 e. The molecular weight excluding hydrogens is 206 g/mol. The van der Waals surface area contributed by atoms with Gasteiger partial charge in [0, 0.05) is 6.04 Å². The Morgan fingerprint density at radius 1 is 1.00 bits per heavy atom. The van der Waals surface area contributed by atoms with E-state index in [0.717, 1.165) is 29.7 Å². The molecule has 17 heavy (non-hydrogen) atoms. The number of hydrogen-bond donors (Lipinski definition) is 1. The molecule has 3 saturated carbocycles. The summed E-state index contributed by atoms with van der Waals surface area (Å²) >= 11 is 0. The molecular formula is C16H29N. The van der Waals surface area contributed by atoms with E-state index in [4.69, 9.17) is 0 Å². The summed E-state index contributed by atoms with van der Waals surface area (Å²) in [5.74, 6) is 4.15. The molecule has 1 nitrogen and oxygen atoms in total. The van der Waals surface area contributed by atoms with E-state index in [0.29, 0.717) is 0 Å². The first-order valence-corrected chi connectivity index (χ1v) is 8.06. The van der Waals surface area contributed by atoms with Gasteiger partial charge in [0.15, 0.2) is 0 Å². The lowest BCUT2D eigenvalue weighted by atomic mass is 9.81. The monoisotopic (exact) mass is 235 g/mol. The highest BCUT2D eigenvalue weighted by molar-refractivity contribution is 4.96. The Balaban J connectivity index is 1.35. The van der Waals surface area contributed by atoms with Crippen LogP contribution in [0.2, 0.25) is 0 Å². The molecule has 0 aliphatic heterocycles. The minimum atomic E-state index is 0.913. The van der Waals surface area contributed by atoms with Gasteiger partial charge in [-0.3, -0.25) is 0 Å². The van der Waals surface area contributed by atoms with E-state index in [1.165, 1.54) is 64.3 Å². The minimum absolute atomic E-state index is 0.913. The van der Waals surface area contributed by atoms with E-state index in [-0.39, 0.29) is 0 Å². The molecule has 2 unspecified atom stereocenters. The van der Waals surface area contributed by atoms with Gasteiger partial charge in [-0.2, -0.15) is 0 Å². The summed E-state index contributed by atoms with van der Waals surface area (Å²) in [6.07, 6.45) is 13.5. The molecule has 0 saturated heterocycles. The van der Waals surface area contributed by atoms with Crippen molar-refractivity contribution < 1.29 is 0 Å². The number of nitrogens with one attached hydrogen (secondary N) is 1. The predicted molar refractivity (Wildman–Crippen MR) is 73.0 cm³/mol. The van der Waals surface area contributed by atoms with Crippen LogP contribution in [0.3, 0.4) is 0 Å². The van der Waals surface area contributed by atoms with E-state index >= 15 is 0 Å². The summed E-state index contributed by atoms with van der Waals surface area (Å²) in [4.78, 5) is 0. The second kappa shape index (κ2) is 5.30. The van der Waals surface area contributed by atoms with Gasteiger partial charge in [-0.15, -0.1) is 0 Å². The maximum absolute atomic E-state index is 3.91. The predicted octanol–water partition coefficient (Wildman–Crippen LogP) is 3.98. The molecule has 0 heterocycles. The number of hydrogen-bond acceptors (Lipinski definition) is 1. The normalized spacial score (nSPS) is 34.2. The summed E-state index contributed by atoms with van der Waals surface area (Å²) in [5.41, 5.74) is 0. The third kappa shape index (κ3) is 3.47. The standard InChI is InChI=1S/C16H29N/c1-12-3-2-4-13(11-12)9-10-17-16(14-5-6-14)15-7-8-15/h12-17H,2-11H2,1H3. The lowest BCUT2D eigenvalue weighted by molar-refractivity contribution is 0.261. The van der Waals surface area contributed by atoms with Gasteiger partial charge in [-0.05, 0) is 68.7 Å². The van der Waals surface area contributed by atoms with Crippen molar-refractivity contribution in [3.05, 3.63) is 0 Å². The highest BCUT2D eigenvalue weighted by Gasteiger charge is 2.40. The molecule has 1 N–H and O–H groups in total. The van der Waals surface area contributed by atoms with Crippen molar-refractivity contribution in [1.29, 1.82) is 0 Å². The zero-order chi connectivity index (χ0) is 11.7. The van der Waals surface area contributed by atoms with Crippen molar-refractivity contribution in [3.63, 3.8) is 0 Å². The Labute approximate surface area is 107 Å². The maximum atomic E-state index is 3.91. The second-order valence-corrected chi connectivity index (χ2v) is 7.08. The van der Waals surface area contributed by atoms with Crippen LogP contribution in [0.5, 0.6) is 0 Å². The first-order chi connectivity index (χ1) is 8.33. The van der Waals surface area contributed by atoms with Gasteiger partial charge in [0.2, 0.25) is 0 Å². The Hall–Kier alpha value is -0.0400. The van der Waals surface area contributed by atoms with Gasteiger partial charge >= 0.3 is 0 Å². The summed E-state index contributed by atoms with van der Waals surface area (Å²) in [5, 5.41) is 3.91. The zero-order valence-electron chi connectivity index (χ0n) is 11.5. The summed E-state index contributed by atoms with van der Waals surface area (Å²) < 4.78 is 0. The summed E-state index contributed by atoms with van der Waals surface area (Å²) in [6.45, 7) is 3.74. The largest absolute Gasteiger partial charge is 0.313 e. The van der Waals surface area contributed by atoms with Gasteiger partial charge in [0.1, 0.15) is 0 Å². The molecule has 2 atom stereocenters. The molecule has 0 radical (unpaired) electrons. The molecule has 0 aromatic carbocycles. The highest BCUT2D eigenvalue weighted by Crippen LogP contribution is 2.44. The fourth-order valence-corrected chi connectivity index (χ4v) is 3.90. The SMILES string of the molecule is CC1CCCC(CCNC(C2CC2)C2CC2)C1. The van der Waals surface area contributed by atoms with Crippen molar-refractivity contribution in [2.75, 3.05) is 6.54 Å². The Morgan fingerprint density at radius 2 is 1.71 bits per heavy atom. The average Bonchev–Trinajstić information content (AvgIpc) is 3.15. The summed E-state index contributed by atoms with van der Waals surface area (Å²) in [6, 6.07) is 0.913. The molecule has 3 aliphatic rings. The molecule has 1 heteroatoms. The van der Waals surface area contributed by atoms with Crippen molar-refractivity contribution in [2.45, 2.75) is 70.8 Å². The topological polar surface area (TPSA) is 12.0 Å². The van der Waals surface area contributed by atoms with Gasteiger partial charge in [-0.1, -0.05) is 26.2 Å². The van der Waals surface area contributed by atoms with Gasteiger partial charge in [-0.25, -0.2) is 0 Å². The van der Waals surface area contributed by atoms with Crippen LogP contribution in [0.15, 0.2) is 0 Å². The van der Waals surface area contributed by atoms with E-state index in [1.807, 2.05) is 0 Å². The zero-order valence-corrected chi connectivity index (χ0v) is 11.5. The first-order valence-electron chi connectivity index (χ1n) is 8.06. The van der Waals surface area contributed by atoms with Crippen molar-refractivity contribution in [1.82, 2.24) is 5.32 Å². The first kappa shape index (κ1) is 12.0. The van der Waals surface area contributed by atoms with E-state index < -0.39 is 0 Å². The van der Waals surface area contributed by atoms with Gasteiger partial charge in [0.25, 0.3) is 0 Å². The third-order valence-electron chi connectivity index (χ3n) is 5.24. The lowest BCUT2D eigenvalue weighted by Gasteiger charge is -2.27. The summed E-state index contributed by atoms with van der Waals surface area (Å²) in [7, 11) is 0. The van der Waals surface area contributed by atoms with Crippen molar-refractivity contribution >= 4 is 0 Å². The van der Waals surface area contributed by atoms with Crippen LogP contribution < -0.4 is 5.32 Å². The van der Waals surface area contributed by atoms with E-state index in [1.54, 1.807) is 0 Å². The molecule has 0 spiro atoms. The second-order valence-electron chi connectivity index (χ2n) is 7.08. The molecule has 0 aromatic heterocycles. The minimum Gasteiger partial charge on any atom is -0.313 e. The third-order valence-corrected chi connectivity index (χ3v) is 5.24. The Bertz CT molecular complexity index is 230. The quantitative estimate of drug-likeness (QED) is 0.734. The van der Waals surface area contributed by atoms with Crippen LogP contribution in [-0.4, -0.2) is 12.6 Å². The van der Waals surface area contributed by atoms with Gasteiger partial charge in [0.05, 0.1) is 0 Å². The Morgan fingerprint density at radius 3 is 2.29 bits per heavy atom. The smallest absolute Gasteiger partial charge is 0.0124 e. The molecule has 0 bridgehead atoms. The lowest BCUT2D eigenvalue weighted by Crippen LogP contribution is -2.34. The van der Waals surface area contributed by atoms with Crippen LogP contribution in [0.1, 0.15) is 64.7 Å². The molecule has 3 aliphatic carbocycles. The fourth-order valence-electron chi connectivity index (χ4n) is 3.90. The number of rotatable bonds is 6. The van der Waals surface area contributed by atoms with Crippen molar-refractivity contribution in [3.8, 4) is 0 Å². The Kier molecular flexibility index (Phi) is 3.75. The molecule has 3 rings (SSSR count). The van der Waals surface area contributed by atoms with Crippen molar-refractivity contribution in [2.24, 2.45) is 23.7 Å².